The highest BCUT2D eigenvalue weighted by Gasteiger charge is 2.12. The van der Waals surface area contributed by atoms with Crippen LogP contribution >= 0.6 is 0 Å². The van der Waals surface area contributed by atoms with Crippen LogP contribution in [-0.4, -0.2) is 38.4 Å². The summed E-state index contributed by atoms with van der Waals surface area (Å²) in [5, 5.41) is 0.926. The Balaban J connectivity index is 2.04. The van der Waals surface area contributed by atoms with Crippen LogP contribution in [0.2, 0.25) is 0 Å². The first kappa shape index (κ1) is 16.8. The third-order valence-electron chi connectivity index (χ3n) is 4.04. The molecule has 6 heteroatoms. The molecule has 0 spiro atoms. The molecule has 6 nitrogen and oxygen atoms in total. The number of fused-ring (bicyclic) bond motifs is 1. The third-order valence-corrected chi connectivity index (χ3v) is 4.04. The van der Waals surface area contributed by atoms with Gasteiger partial charge in [-0.05, 0) is 23.8 Å². The molecule has 0 fully saturated rings. The lowest BCUT2D eigenvalue weighted by Gasteiger charge is -2.12. The van der Waals surface area contributed by atoms with Crippen LogP contribution in [0.15, 0.2) is 36.7 Å². The van der Waals surface area contributed by atoms with Gasteiger partial charge in [0.15, 0.2) is 23.0 Å². The van der Waals surface area contributed by atoms with Crippen LogP contribution in [0.5, 0.6) is 23.0 Å². The molecule has 0 N–H and O–H groups in total. The summed E-state index contributed by atoms with van der Waals surface area (Å²) in [5.41, 5.74) is 2.77. The Labute approximate surface area is 146 Å². The molecule has 0 amide bonds. The minimum absolute atomic E-state index is 0.634. The molecule has 0 saturated carbocycles. The van der Waals surface area contributed by atoms with Crippen molar-refractivity contribution in [1.82, 2.24) is 9.97 Å². The Kier molecular flexibility index (Phi) is 4.88. The second kappa shape index (κ2) is 7.25. The summed E-state index contributed by atoms with van der Waals surface area (Å²) in [6.45, 7) is 0. The first-order valence-electron chi connectivity index (χ1n) is 7.76. The van der Waals surface area contributed by atoms with E-state index in [2.05, 4.69) is 9.97 Å². The molecule has 3 rings (SSSR count). The summed E-state index contributed by atoms with van der Waals surface area (Å²) in [4.78, 5) is 8.79. The van der Waals surface area contributed by atoms with Crippen LogP contribution in [0, 0.1) is 0 Å². The van der Waals surface area contributed by atoms with Crippen molar-refractivity contribution >= 4 is 10.9 Å². The molecule has 0 atom stereocenters. The average molecular weight is 340 g/mol. The SMILES string of the molecule is COc1ccc(Cc2ncnc3cc(OC)c(OC)cc23)cc1OC. The number of aromatic nitrogens is 2. The zero-order valence-electron chi connectivity index (χ0n) is 14.7. The molecule has 0 saturated heterocycles. The second-order valence-corrected chi connectivity index (χ2v) is 5.41. The van der Waals surface area contributed by atoms with Gasteiger partial charge in [0, 0.05) is 17.9 Å². The van der Waals surface area contributed by atoms with Crippen LogP contribution in [0.25, 0.3) is 10.9 Å². The van der Waals surface area contributed by atoms with E-state index in [-0.39, 0.29) is 0 Å². The van der Waals surface area contributed by atoms with Crippen LogP contribution in [0.4, 0.5) is 0 Å². The fourth-order valence-corrected chi connectivity index (χ4v) is 2.76. The predicted octanol–water partition coefficient (Wildman–Crippen LogP) is 3.26. The van der Waals surface area contributed by atoms with Crippen molar-refractivity contribution in [2.24, 2.45) is 0 Å². The summed E-state index contributed by atoms with van der Waals surface area (Å²) in [5.74, 6) is 2.69. The molecule has 0 radical (unpaired) electrons. The molecule has 0 aliphatic carbocycles. The molecule has 25 heavy (non-hydrogen) atoms. The molecule has 0 unspecified atom stereocenters. The van der Waals surface area contributed by atoms with E-state index in [0.717, 1.165) is 22.2 Å². The zero-order valence-corrected chi connectivity index (χ0v) is 14.7. The van der Waals surface area contributed by atoms with Gasteiger partial charge in [0.2, 0.25) is 0 Å². The lowest BCUT2D eigenvalue weighted by molar-refractivity contribution is 0.354. The van der Waals surface area contributed by atoms with Crippen LogP contribution in [0.3, 0.4) is 0 Å². The van der Waals surface area contributed by atoms with Crippen molar-refractivity contribution in [1.29, 1.82) is 0 Å². The number of nitrogens with zero attached hydrogens (tertiary/aromatic N) is 2. The number of methoxy groups -OCH3 is 4. The lowest BCUT2D eigenvalue weighted by atomic mass is 10.0. The summed E-state index contributed by atoms with van der Waals surface area (Å²) in [6, 6.07) is 9.60. The molecule has 130 valence electrons. The fraction of sp³-hybridized carbons (Fsp3) is 0.263. The maximum absolute atomic E-state index is 5.40. The molecular formula is C19H20N2O4. The number of hydrogen-bond acceptors (Lipinski definition) is 6. The average Bonchev–Trinajstić information content (AvgIpc) is 2.66. The Morgan fingerprint density at radius 1 is 0.720 bits per heavy atom. The highest BCUT2D eigenvalue weighted by Crippen LogP contribution is 2.33. The molecule has 0 bridgehead atoms. The Morgan fingerprint density at radius 3 is 2.04 bits per heavy atom. The van der Waals surface area contributed by atoms with Gasteiger partial charge in [-0.1, -0.05) is 6.07 Å². The standard InChI is InChI=1S/C19H20N2O4/c1-22-16-6-5-12(8-17(16)23-2)7-14-13-9-18(24-3)19(25-4)10-15(13)21-11-20-14/h5-6,8-11H,7H2,1-4H3. The molecule has 0 aliphatic rings. The maximum atomic E-state index is 5.40. The van der Waals surface area contributed by atoms with Gasteiger partial charge in [-0.3, -0.25) is 0 Å². The lowest BCUT2D eigenvalue weighted by Crippen LogP contribution is -1.99. The van der Waals surface area contributed by atoms with Gasteiger partial charge in [0.25, 0.3) is 0 Å². The number of rotatable bonds is 6. The number of ether oxygens (including phenoxy) is 4. The molecule has 3 aromatic rings. The molecule has 1 heterocycles. The number of hydrogen-bond donors (Lipinski definition) is 0. The van der Waals surface area contributed by atoms with Gasteiger partial charge in [-0.2, -0.15) is 0 Å². The van der Waals surface area contributed by atoms with E-state index < -0.39 is 0 Å². The largest absolute Gasteiger partial charge is 0.493 e. The second-order valence-electron chi connectivity index (χ2n) is 5.41. The predicted molar refractivity (Wildman–Crippen MR) is 95.0 cm³/mol. The summed E-state index contributed by atoms with van der Waals surface area (Å²) < 4.78 is 21.4. The van der Waals surface area contributed by atoms with Gasteiger partial charge in [-0.25, -0.2) is 9.97 Å². The highest BCUT2D eigenvalue weighted by atomic mass is 16.5. The first-order valence-corrected chi connectivity index (χ1v) is 7.76. The van der Waals surface area contributed by atoms with E-state index in [9.17, 15) is 0 Å². The van der Waals surface area contributed by atoms with Crippen molar-refractivity contribution in [2.45, 2.75) is 6.42 Å². The van der Waals surface area contributed by atoms with Crippen molar-refractivity contribution in [2.75, 3.05) is 28.4 Å². The van der Waals surface area contributed by atoms with Gasteiger partial charge < -0.3 is 18.9 Å². The van der Waals surface area contributed by atoms with E-state index >= 15 is 0 Å². The minimum atomic E-state index is 0.634. The molecule has 2 aromatic carbocycles. The third kappa shape index (κ3) is 3.28. The van der Waals surface area contributed by atoms with E-state index in [0.29, 0.717) is 29.4 Å². The normalized spacial score (nSPS) is 10.6. The van der Waals surface area contributed by atoms with Gasteiger partial charge in [0.1, 0.15) is 6.33 Å². The summed E-state index contributed by atoms with van der Waals surface area (Å²) in [7, 11) is 6.46. The Hall–Kier alpha value is -3.02. The van der Waals surface area contributed by atoms with E-state index in [4.69, 9.17) is 18.9 Å². The first-order chi connectivity index (χ1) is 12.2. The quantitative estimate of drug-likeness (QED) is 0.686. The molecular weight excluding hydrogens is 320 g/mol. The van der Waals surface area contributed by atoms with Gasteiger partial charge in [0.05, 0.1) is 39.6 Å². The van der Waals surface area contributed by atoms with E-state index in [1.54, 1.807) is 34.8 Å². The summed E-state index contributed by atoms with van der Waals surface area (Å²) >= 11 is 0. The molecule has 1 aromatic heterocycles. The van der Waals surface area contributed by atoms with Crippen molar-refractivity contribution in [3.63, 3.8) is 0 Å². The van der Waals surface area contributed by atoms with E-state index in [1.165, 1.54) is 0 Å². The molecule has 0 aliphatic heterocycles. The summed E-state index contributed by atoms with van der Waals surface area (Å²) in [6.07, 6.45) is 2.19. The minimum Gasteiger partial charge on any atom is -0.493 e. The van der Waals surface area contributed by atoms with Gasteiger partial charge in [-0.15, -0.1) is 0 Å². The topological polar surface area (TPSA) is 62.7 Å². The zero-order chi connectivity index (χ0) is 17.8. The van der Waals surface area contributed by atoms with Crippen molar-refractivity contribution in [3.8, 4) is 23.0 Å². The van der Waals surface area contributed by atoms with E-state index in [1.807, 2.05) is 30.3 Å². The monoisotopic (exact) mass is 340 g/mol. The fourth-order valence-electron chi connectivity index (χ4n) is 2.76. The highest BCUT2D eigenvalue weighted by molar-refractivity contribution is 5.84. The van der Waals surface area contributed by atoms with Crippen LogP contribution in [0.1, 0.15) is 11.3 Å². The Bertz CT molecular complexity index is 896. The van der Waals surface area contributed by atoms with Crippen LogP contribution < -0.4 is 18.9 Å². The van der Waals surface area contributed by atoms with Crippen LogP contribution in [-0.2, 0) is 6.42 Å². The maximum Gasteiger partial charge on any atom is 0.162 e. The number of benzene rings is 2. The van der Waals surface area contributed by atoms with Crippen molar-refractivity contribution < 1.29 is 18.9 Å². The van der Waals surface area contributed by atoms with Gasteiger partial charge >= 0.3 is 0 Å². The smallest absolute Gasteiger partial charge is 0.162 e. The van der Waals surface area contributed by atoms with Crippen molar-refractivity contribution in [3.05, 3.63) is 47.9 Å². The Morgan fingerprint density at radius 2 is 1.36 bits per heavy atom.